The lowest BCUT2D eigenvalue weighted by Gasteiger charge is -2.34. The molecule has 1 saturated heterocycles. The van der Waals surface area contributed by atoms with E-state index in [4.69, 9.17) is 5.10 Å². The van der Waals surface area contributed by atoms with Crippen LogP contribution in [-0.4, -0.2) is 45.2 Å². The summed E-state index contributed by atoms with van der Waals surface area (Å²) in [4.78, 5) is 2.11. The van der Waals surface area contributed by atoms with Crippen LogP contribution in [0.2, 0.25) is 0 Å². The molecule has 7 nitrogen and oxygen atoms in total. The first kappa shape index (κ1) is 19.2. The number of nitrogens with one attached hydrogen (secondary N) is 1. The first-order valence-corrected chi connectivity index (χ1v) is 10.7. The number of fused-ring (bicyclic) bond motifs is 4. The molecule has 1 aromatic carbocycles. The number of pyridine rings is 1. The zero-order valence-corrected chi connectivity index (χ0v) is 17.5. The standard InChI is InChI=1S/C23H21F2N7/c1-13-11-30(21-5-3-15(7-26)32-23(21)19(25)10-28-32)12-22-16-4-2-14(6-20(16)29-31(13)22)17-8-27-9-18(17)24/h2-6,10,13,17-18,27H,8-9,11-12H2,1H3/t13-,17?,18?/m1/s1. The Morgan fingerprint density at radius 2 is 2.09 bits per heavy atom. The van der Waals surface area contributed by atoms with Gasteiger partial charge in [-0.05, 0) is 30.7 Å². The monoisotopic (exact) mass is 433 g/mol. The Hall–Kier alpha value is -3.51. The molecule has 3 aromatic heterocycles. The molecule has 5 heterocycles. The van der Waals surface area contributed by atoms with Crippen molar-refractivity contribution < 1.29 is 8.78 Å². The van der Waals surface area contributed by atoms with Crippen molar-refractivity contribution >= 4 is 22.1 Å². The van der Waals surface area contributed by atoms with Crippen LogP contribution in [0.1, 0.15) is 35.8 Å². The highest BCUT2D eigenvalue weighted by Gasteiger charge is 2.31. The van der Waals surface area contributed by atoms with E-state index >= 15 is 0 Å². The van der Waals surface area contributed by atoms with Gasteiger partial charge in [-0.25, -0.2) is 13.3 Å². The molecule has 0 spiro atoms. The van der Waals surface area contributed by atoms with E-state index < -0.39 is 12.0 Å². The lowest BCUT2D eigenvalue weighted by atomic mass is 9.96. The number of hydrogen-bond donors (Lipinski definition) is 1. The third-order valence-electron chi connectivity index (χ3n) is 6.69. The van der Waals surface area contributed by atoms with E-state index in [1.54, 1.807) is 12.1 Å². The molecule has 2 aliphatic rings. The Labute approximate surface area is 182 Å². The molecule has 3 atom stereocenters. The first-order chi connectivity index (χ1) is 15.5. The maximum Gasteiger partial charge on any atom is 0.171 e. The van der Waals surface area contributed by atoms with Crippen molar-refractivity contribution in [2.75, 3.05) is 24.5 Å². The van der Waals surface area contributed by atoms with Crippen molar-refractivity contribution in [3.05, 3.63) is 59.3 Å². The van der Waals surface area contributed by atoms with Crippen molar-refractivity contribution in [1.82, 2.24) is 24.7 Å². The predicted molar refractivity (Wildman–Crippen MR) is 116 cm³/mol. The fraction of sp³-hybridized carbons (Fsp3) is 0.348. The van der Waals surface area contributed by atoms with E-state index in [9.17, 15) is 14.0 Å². The normalized spacial score (nSPS) is 23.1. The molecular formula is C23H21F2N7. The van der Waals surface area contributed by atoms with Crippen LogP contribution in [0, 0.1) is 17.1 Å². The summed E-state index contributed by atoms with van der Waals surface area (Å²) in [6.07, 6.45) is 0.257. The van der Waals surface area contributed by atoms with Crippen molar-refractivity contribution in [1.29, 1.82) is 5.26 Å². The summed E-state index contributed by atoms with van der Waals surface area (Å²) in [7, 11) is 0. The molecule has 0 aliphatic carbocycles. The zero-order chi connectivity index (χ0) is 22.0. The summed E-state index contributed by atoms with van der Waals surface area (Å²) >= 11 is 0. The van der Waals surface area contributed by atoms with Crippen LogP contribution in [0.25, 0.3) is 16.4 Å². The Morgan fingerprint density at radius 1 is 1.22 bits per heavy atom. The van der Waals surface area contributed by atoms with Crippen LogP contribution in [0.3, 0.4) is 0 Å². The van der Waals surface area contributed by atoms with Gasteiger partial charge in [0.05, 0.1) is 35.7 Å². The molecule has 2 aliphatic heterocycles. The number of rotatable bonds is 2. The summed E-state index contributed by atoms with van der Waals surface area (Å²) in [5, 5.41) is 22.3. The van der Waals surface area contributed by atoms with E-state index in [1.165, 1.54) is 4.52 Å². The number of anilines is 1. The molecule has 2 unspecified atom stereocenters. The van der Waals surface area contributed by atoms with Gasteiger partial charge in [0.2, 0.25) is 0 Å². The molecule has 1 N–H and O–H groups in total. The average molecular weight is 433 g/mol. The minimum Gasteiger partial charge on any atom is -0.362 e. The number of nitrogens with zero attached hydrogens (tertiary/aromatic N) is 6. The van der Waals surface area contributed by atoms with E-state index in [2.05, 4.69) is 28.3 Å². The lowest BCUT2D eigenvalue weighted by Crippen LogP contribution is -2.36. The summed E-state index contributed by atoms with van der Waals surface area (Å²) < 4.78 is 32.2. The highest BCUT2D eigenvalue weighted by molar-refractivity contribution is 5.84. The molecular weight excluding hydrogens is 412 g/mol. The third kappa shape index (κ3) is 2.72. The van der Waals surface area contributed by atoms with Gasteiger partial charge in [0.1, 0.15) is 23.5 Å². The number of benzene rings is 1. The van der Waals surface area contributed by atoms with Crippen molar-refractivity contribution in [3.8, 4) is 6.07 Å². The van der Waals surface area contributed by atoms with Crippen molar-refractivity contribution in [3.63, 3.8) is 0 Å². The number of hydrogen-bond acceptors (Lipinski definition) is 5. The van der Waals surface area contributed by atoms with Crippen LogP contribution in [-0.2, 0) is 6.54 Å². The highest BCUT2D eigenvalue weighted by atomic mass is 19.1. The molecule has 0 bridgehead atoms. The summed E-state index contributed by atoms with van der Waals surface area (Å²) in [6, 6.07) is 11.6. The third-order valence-corrected chi connectivity index (χ3v) is 6.69. The van der Waals surface area contributed by atoms with Gasteiger partial charge in [-0.2, -0.15) is 15.5 Å². The maximum absolute atomic E-state index is 14.6. The van der Waals surface area contributed by atoms with Gasteiger partial charge in [0.25, 0.3) is 0 Å². The Bertz CT molecular complexity index is 1400. The molecule has 162 valence electrons. The lowest BCUT2D eigenvalue weighted by molar-refractivity contribution is 0.332. The second-order valence-corrected chi connectivity index (χ2v) is 8.65. The average Bonchev–Trinajstić information content (AvgIpc) is 3.50. The van der Waals surface area contributed by atoms with Crippen LogP contribution in [0.15, 0.2) is 36.5 Å². The van der Waals surface area contributed by atoms with Gasteiger partial charge in [-0.3, -0.25) is 4.68 Å². The zero-order valence-electron chi connectivity index (χ0n) is 17.5. The summed E-state index contributed by atoms with van der Waals surface area (Å²) in [5.74, 6) is -0.604. The molecule has 1 fully saturated rings. The Morgan fingerprint density at radius 3 is 2.88 bits per heavy atom. The molecule has 4 aromatic rings. The van der Waals surface area contributed by atoms with Gasteiger partial charge in [0.15, 0.2) is 5.82 Å². The van der Waals surface area contributed by atoms with Gasteiger partial charge >= 0.3 is 0 Å². The van der Waals surface area contributed by atoms with E-state index in [-0.39, 0.29) is 17.7 Å². The highest BCUT2D eigenvalue weighted by Crippen LogP contribution is 2.35. The minimum atomic E-state index is -0.886. The minimum absolute atomic E-state index is 0.0540. The van der Waals surface area contributed by atoms with Crippen molar-refractivity contribution in [2.24, 2.45) is 0 Å². The van der Waals surface area contributed by atoms with Crippen LogP contribution >= 0.6 is 0 Å². The topological polar surface area (TPSA) is 74.2 Å². The largest absolute Gasteiger partial charge is 0.362 e. The van der Waals surface area contributed by atoms with Crippen LogP contribution < -0.4 is 10.2 Å². The number of halogens is 2. The molecule has 0 radical (unpaired) electrons. The number of aromatic nitrogens is 4. The van der Waals surface area contributed by atoms with E-state index in [1.807, 2.05) is 22.9 Å². The fourth-order valence-corrected chi connectivity index (χ4v) is 5.12. The maximum atomic E-state index is 14.6. The molecule has 6 rings (SSSR count). The van der Waals surface area contributed by atoms with Gasteiger partial charge in [0, 0.05) is 30.9 Å². The van der Waals surface area contributed by atoms with E-state index in [0.29, 0.717) is 37.4 Å². The van der Waals surface area contributed by atoms with Gasteiger partial charge in [-0.15, -0.1) is 0 Å². The first-order valence-electron chi connectivity index (χ1n) is 10.7. The van der Waals surface area contributed by atoms with Gasteiger partial charge in [-0.1, -0.05) is 12.1 Å². The SMILES string of the molecule is C[C@@H]1CN(c2ccc(C#N)n3ncc(F)c23)Cc2c3ccc(C4CNCC4F)cc3nn21. The Kier molecular flexibility index (Phi) is 4.20. The summed E-state index contributed by atoms with van der Waals surface area (Å²) in [5.41, 5.74) is 4.14. The number of alkyl halides is 1. The second-order valence-electron chi connectivity index (χ2n) is 8.65. The van der Waals surface area contributed by atoms with Crippen LogP contribution in [0.4, 0.5) is 14.5 Å². The molecule has 0 amide bonds. The summed E-state index contributed by atoms with van der Waals surface area (Å²) in [6.45, 7) is 4.28. The second kappa shape index (κ2) is 7.00. The smallest absolute Gasteiger partial charge is 0.171 e. The van der Waals surface area contributed by atoms with Crippen molar-refractivity contribution in [2.45, 2.75) is 31.6 Å². The molecule has 0 saturated carbocycles. The van der Waals surface area contributed by atoms with Gasteiger partial charge < -0.3 is 10.2 Å². The predicted octanol–water partition coefficient (Wildman–Crippen LogP) is 3.30. The van der Waals surface area contributed by atoms with Crippen LogP contribution in [0.5, 0.6) is 0 Å². The molecule has 32 heavy (non-hydrogen) atoms. The number of nitriles is 1. The Balaban J connectivity index is 1.42. The van der Waals surface area contributed by atoms with E-state index in [0.717, 1.165) is 28.4 Å². The molecule has 9 heteroatoms. The fourth-order valence-electron chi connectivity index (χ4n) is 5.12. The quantitative estimate of drug-likeness (QED) is 0.525.